The number of nitrogens with one attached hydrogen (secondary N) is 1. The minimum Gasteiger partial charge on any atom is -0.487 e. The van der Waals surface area contributed by atoms with E-state index in [9.17, 15) is 14.4 Å². The highest BCUT2D eigenvalue weighted by atomic mass is 32.1. The summed E-state index contributed by atoms with van der Waals surface area (Å²) in [5.41, 5.74) is 3.28. The van der Waals surface area contributed by atoms with Gasteiger partial charge in [0.2, 0.25) is 6.29 Å². The molecule has 1 fully saturated rings. The highest BCUT2D eigenvalue weighted by molar-refractivity contribution is 7.17. The van der Waals surface area contributed by atoms with Gasteiger partial charge < -0.3 is 47.9 Å². The van der Waals surface area contributed by atoms with Crippen LogP contribution in [0.3, 0.4) is 0 Å². The number of methoxy groups -OCH3 is 2. The number of nitrogens with zero attached hydrogens (tertiary/aromatic N) is 2. The summed E-state index contributed by atoms with van der Waals surface area (Å²) in [4.78, 5) is 40.7. The normalized spacial score (nSPS) is 17.5. The lowest BCUT2D eigenvalue weighted by atomic mass is 10.0. The van der Waals surface area contributed by atoms with E-state index in [1.165, 1.54) is 20.8 Å². The summed E-state index contributed by atoms with van der Waals surface area (Å²) >= 11 is 1.54. The fourth-order valence-electron chi connectivity index (χ4n) is 6.60. The number of esters is 3. The van der Waals surface area contributed by atoms with Gasteiger partial charge in [-0.3, -0.25) is 14.4 Å². The third kappa shape index (κ3) is 10.9. The maximum atomic E-state index is 12.1. The molecule has 15 nitrogen and oxygen atoms in total. The van der Waals surface area contributed by atoms with Crippen molar-refractivity contribution in [3.05, 3.63) is 77.4 Å². The molecule has 4 atom stereocenters. The van der Waals surface area contributed by atoms with Gasteiger partial charge in [0.25, 0.3) is 12.1 Å². The number of anilines is 2. The lowest BCUT2D eigenvalue weighted by molar-refractivity contribution is -0.665. The van der Waals surface area contributed by atoms with E-state index >= 15 is 0 Å². The van der Waals surface area contributed by atoms with E-state index in [0.29, 0.717) is 56.0 Å². The first-order chi connectivity index (χ1) is 28.6. The summed E-state index contributed by atoms with van der Waals surface area (Å²) in [6, 6.07) is 17.1. The Morgan fingerprint density at radius 3 is 2.34 bits per heavy atom. The molecule has 1 aliphatic heterocycles. The van der Waals surface area contributed by atoms with Gasteiger partial charge in [0.05, 0.1) is 25.0 Å². The number of thiophene rings is 1. The largest absolute Gasteiger partial charge is 0.487 e. The van der Waals surface area contributed by atoms with Crippen molar-refractivity contribution < 1.29 is 61.6 Å². The first-order valence-electron chi connectivity index (χ1n) is 18.8. The Hall–Kier alpha value is -5.99. The molecule has 0 unspecified atom stereocenters. The SMILES string of the molecule is C#Cc1cccc(Nc2nc[n+](Cc3ccc(O[C@H]4C[C@@H](OC(C)=O)[C@@H](OC(C)=O)[C@@H](COC(C)=O)O4)c4ccsc34)c3cc(OCCOC)c(OCCOC)cc23)c1. The van der Waals surface area contributed by atoms with Gasteiger partial charge in [-0.2, -0.15) is 0 Å². The second-order valence-electron chi connectivity index (χ2n) is 13.4. The van der Waals surface area contributed by atoms with Gasteiger partial charge in [-0.1, -0.05) is 12.0 Å². The summed E-state index contributed by atoms with van der Waals surface area (Å²) in [7, 11) is 3.22. The van der Waals surface area contributed by atoms with Crippen molar-refractivity contribution in [1.29, 1.82) is 0 Å². The van der Waals surface area contributed by atoms with Crippen molar-refractivity contribution in [2.75, 3.05) is 52.6 Å². The third-order valence-electron chi connectivity index (χ3n) is 9.15. The Labute approximate surface area is 345 Å². The predicted octanol–water partition coefficient (Wildman–Crippen LogP) is 5.48. The van der Waals surface area contributed by atoms with Crippen molar-refractivity contribution >= 4 is 61.7 Å². The van der Waals surface area contributed by atoms with E-state index in [-0.39, 0.29) is 13.0 Å². The van der Waals surface area contributed by atoms with Crippen molar-refractivity contribution in [3.8, 4) is 29.6 Å². The van der Waals surface area contributed by atoms with Crippen LogP contribution in [-0.2, 0) is 49.3 Å². The minimum atomic E-state index is -1.02. The molecule has 1 N–H and O–H groups in total. The van der Waals surface area contributed by atoms with Crippen molar-refractivity contribution in [1.82, 2.24) is 4.98 Å². The molecule has 1 aliphatic rings. The zero-order valence-electron chi connectivity index (χ0n) is 33.4. The Morgan fingerprint density at radius 1 is 0.898 bits per heavy atom. The fourth-order valence-corrected chi connectivity index (χ4v) is 7.52. The molecule has 3 aromatic carbocycles. The molecule has 16 heteroatoms. The molecule has 0 aliphatic carbocycles. The second kappa shape index (κ2) is 20.1. The highest BCUT2D eigenvalue weighted by Gasteiger charge is 2.44. The van der Waals surface area contributed by atoms with Gasteiger partial charge in [0, 0.05) is 74.0 Å². The van der Waals surface area contributed by atoms with Gasteiger partial charge in [0.15, 0.2) is 17.6 Å². The lowest BCUT2D eigenvalue weighted by Crippen LogP contribution is -2.54. The van der Waals surface area contributed by atoms with Crippen molar-refractivity contribution in [3.63, 3.8) is 0 Å². The number of rotatable bonds is 18. The quantitative estimate of drug-likeness (QED) is 0.0388. The Morgan fingerprint density at radius 2 is 1.64 bits per heavy atom. The van der Waals surface area contributed by atoms with Crippen LogP contribution in [0.15, 0.2) is 66.3 Å². The number of carbonyl (C=O) groups is 3. The first kappa shape index (κ1) is 42.6. The molecule has 6 rings (SSSR count). The molecule has 59 heavy (non-hydrogen) atoms. The van der Waals surface area contributed by atoms with E-state index in [1.54, 1.807) is 31.9 Å². The van der Waals surface area contributed by atoms with Gasteiger partial charge in [-0.05, 0) is 46.8 Å². The zero-order valence-corrected chi connectivity index (χ0v) is 34.2. The molecule has 5 aromatic rings. The highest BCUT2D eigenvalue weighted by Crippen LogP contribution is 2.38. The molecule has 3 heterocycles. The molecule has 1 saturated heterocycles. The molecule has 0 radical (unpaired) electrons. The number of aromatic nitrogens is 2. The summed E-state index contributed by atoms with van der Waals surface area (Å²) in [5.74, 6) is 3.08. The molecule has 0 spiro atoms. The molecular formula is C43H46N3O12S+. The summed E-state index contributed by atoms with van der Waals surface area (Å²) < 4.78 is 54.7. The Balaban J connectivity index is 1.35. The van der Waals surface area contributed by atoms with Crippen LogP contribution in [0.5, 0.6) is 17.2 Å². The van der Waals surface area contributed by atoms with Crippen LogP contribution in [-0.4, -0.2) is 94.7 Å². The molecule has 2 aromatic heterocycles. The number of carbonyl (C=O) groups excluding carboxylic acids is 3. The average molecular weight is 829 g/mol. The van der Waals surface area contributed by atoms with Crippen LogP contribution in [0, 0.1) is 12.3 Å². The van der Waals surface area contributed by atoms with E-state index in [2.05, 4.69) is 11.2 Å². The number of benzene rings is 3. The number of hydrogen-bond donors (Lipinski definition) is 1. The smallest absolute Gasteiger partial charge is 0.303 e. The zero-order chi connectivity index (χ0) is 41.9. The number of ether oxygens (including phenoxy) is 9. The van der Waals surface area contributed by atoms with Gasteiger partial charge in [-0.15, -0.1) is 17.8 Å². The number of fused-ring (bicyclic) bond motifs is 2. The fraction of sp³-hybridized carbons (Fsp3) is 0.372. The van der Waals surface area contributed by atoms with E-state index < -0.39 is 42.5 Å². The van der Waals surface area contributed by atoms with E-state index in [1.807, 2.05) is 64.5 Å². The van der Waals surface area contributed by atoms with E-state index in [0.717, 1.165) is 37.8 Å². The molecule has 310 valence electrons. The van der Waals surface area contributed by atoms with Crippen molar-refractivity contribution in [2.45, 2.75) is 58.3 Å². The summed E-state index contributed by atoms with van der Waals surface area (Å²) in [6.07, 6.45) is 3.65. The minimum absolute atomic E-state index is 0.0500. The van der Waals surface area contributed by atoms with E-state index in [4.69, 9.17) is 54.0 Å². The van der Waals surface area contributed by atoms with Gasteiger partial charge in [0.1, 0.15) is 49.8 Å². The van der Waals surface area contributed by atoms with Crippen molar-refractivity contribution in [2.24, 2.45) is 0 Å². The van der Waals surface area contributed by atoms with Crippen LogP contribution in [0.1, 0.15) is 38.3 Å². The maximum Gasteiger partial charge on any atom is 0.303 e. The Bertz CT molecular complexity index is 2330. The lowest BCUT2D eigenvalue weighted by Gasteiger charge is -2.39. The molecule has 0 bridgehead atoms. The van der Waals surface area contributed by atoms with Crippen LogP contribution >= 0.6 is 11.3 Å². The predicted molar refractivity (Wildman–Crippen MR) is 217 cm³/mol. The maximum absolute atomic E-state index is 12.1. The summed E-state index contributed by atoms with van der Waals surface area (Å²) in [6.45, 7) is 5.28. The van der Waals surface area contributed by atoms with Crippen LogP contribution in [0.2, 0.25) is 0 Å². The van der Waals surface area contributed by atoms with Crippen LogP contribution < -0.4 is 24.1 Å². The number of hydrogen-bond acceptors (Lipinski definition) is 15. The monoisotopic (exact) mass is 828 g/mol. The molecular weight excluding hydrogens is 783 g/mol. The third-order valence-corrected chi connectivity index (χ3v) is 10.1. The second-order valence-corrected chi connectivity index (χ2v) is 14.4. The van der Waals surface area contributed by atoms with Crippen LogP contribution in [0.4, 0.5) is 11.5 Å². The topological polar surface area (TPSA) is 163 Å². The molecule has 0 amide bonds. The first-order valence-corrected chi connectivity index (χ1v) is 19.7. The standard InChI is InChI=1S/C43H45N3O12S/c1-7-29-9-8-10-31(19-29)45-43-33-20-36(52-16-14-50-5)37(53-17-15-51-6)21-34(33)46(25-44-43)23-30-11-12-35(32-13-18-59-42(30)32)57-40-22-38(55-27(3)48)41(56-28(4)49)39(58-40)24-54-26(2)47/h1,8-13,18-21,25,38-41H,14-17,22-24H2,2-6H3/p+1/t38-,39-,40-,41-/m1/s1. The van der Waals surface area contributed by atoms with Gasteiger partial charge >= 0.3 is 17.9 Å². The van der Waals surface area contributed by atoms with Crippen LogP contribution in [0.25, 0.3) is 21.0 Å². The Kier molecular flexibility index (Phi) is 14.5. The molecule has 0 saturated carbocycles. The summed E-state index contributed by atoms with van der Waals surface area (Å²) in [5, 5.41) is 6.98. The average Bonchev–Trinajstić information content (AvgIpc) is 3.71. The van der Waals surface area contributed by atoms with Gasteiger partial charge in [-0.25, -0.2) is 4.57 Å². The number of terminal acetylenes is 1.